The zero-order valence-corrected chi connectivity index (χ0v) is 11.1. The van der Waals surface area contributed by atoms with Gasteiger partial charge in [-0.25, -0.2) is 0 Å². The number of hydrogen-bond donors (Lipinski definition) is 1. The van der Waals surface area contributed by atoms with E-state index in [1.807, 2.05) is 0 Å². The van der Waals surface area contributed by atoms with Crippen LogP contribution in [0.25, 0.3) is 0 Å². The third-order valence-corrected chi connectivity index (χ3v) is 4.06. The van der Waals surface area contributed by atoms with Gasteiger partial charge in [0.05, 0.1) is 5.92 Å². The maximum absolute atomic E-state index is 11.4. The number of rotatable bonds is 3. The zero-order valence-electron chi connectivity index (χ0n) is 11.1. The number of aliphatic carboxylic acids is 1. The molecule has 2 rings (SSSR count). The van der Waals surface area contributed by atoms with Crippen molar-refractivity contribution < 1.29 is 9.90 Å². The fourth-order valence-electron chi connectivity index (χ4n) is 3.10. The lowest BCUT2D eigenvalue weighted by Crippen LogP contribution is -2.24. The van der Waals surface area contributed by atoms with Gasteiger partial charge < -0.3 is 5.11 Å². The van der Waals surface area contributed by atoms with E-state index in [9.17, 15) is 9.90 Å². The van der Waals surface area contributed by atoms with Crippen LogP contribution in [0, 0.1) is 18.8 Å². The van der Waals surface area contributed by atoms with Crippen LogP contribution in [-0.4, -0.2) is 11.1 Å². The largest absolute Gasteiger partial charge is 0.481 e. The maximum atomic E-state index is 11.4. The standard InChI is InChI=1S/C16H22O2/c1-12-6-5-7-13(10-12)11-14-8-3-2-4-9-15(14)16(17)18/h5-7,10,14-15H,2-4,8-9,11H2,1H3,(H,17,18). The predicted octanol–water partition coefficient (Wildman–Crippen LogP) is 3.82. The quantitative estimate of drug-likeness (QED) is 0.823. The Bertz CT molecular complexity index is 411. The number of aryl methyl sites for hydroxylation is 1. The highest BCUT2D eigenvalue weighted by Crippen LogP contribution is 2.31. The first-order chi connectivity index (χ1) is 8.66. The summed E-state index contributed by atoms with van der Waals surface area (Å²) in [6.45, 7) is 2.09. The van der Waals surface area contributed by atoms with Gasteiger partial charge in [-0.1, -0.05) is 49.1 Å². The van der Waals surface area contributed by atoms with Crippen molar-refractivity contribution in [2.75, 3.05) is 0 Å². The average molecular weight is 246 g/mol. The average Bonchev–Trinajstić information content (AvgIpc) is 2.54. The molecule has 1 aliphatic rings. The summed E-state index contributed by atoms with van der Waals surface area (Å²) in [4.78, 5) is 11.4. The summed E-state index contributed by atoms with van der Waals surface area (Å²) in [5, 5.41) is 9.37. The Balaban J connectivity index is 2.11. The van der Waals surface area contributed by atoms with E-state index in [1.54, 1.807) is 0 Å². The lowest BCUT2D eigenvalue weighted by molar-refractivity contribution is -0.143. The molecule has 1 N–H and O–H groups in total. The highest BCUT2D eigenvalue weighted by atomic mass is 16.4. The van der Waals surface area contributed by atoms with Crippen LogP contribution in [0.5, 0.6) is 0 Å². The van der Waals surface area contributed by atoms with Crippen LogP contribution in [0.15, 0.2) is 24.3 Å². The summed E-state index contributed by atoms with van der Waals surface area (Å²) in [5.41, 5.74) is 2.54. The lowest BCUT2D eigenvalue weighted by atomic mass is 9.83. The Hall–Kier alpha value is -1.31. The van der Waals surface area contributed by atoms with Gasteiger partial charge in [-0.2, -0.15) is 0 Å². The minimum atomic E-state index is -0.602. The minimum absolute atomic E-state index is 0.145. The molecule has 1 fully saturated rings. The molecular weight excluding hydrogens is 224 g/mol. The molecule has 2 atom stereocenters. The van der Waals surface area contributed by atoms with E-state index >= 15 is 0 Å². The van der Waals surface area contributed by atoms with Crippen LogP contribution in [0.2, 0.25) is 0 Å². The van der Waals surface area contributed by atoms with E-state index in [2.05, 4.69) is 31.2 Å². The SMILES string of the molecule is Cc1cccc(CC2CCCCCC2C(=O)O)c1. The molecule has 0 saturated heterocycles. The molecule has 0 radical (unpaired) electrons. The molecule has 0 aliphatic heterocycles. The number of carboxylic acids is 1. The topological polar surface area (TPSA) is 37.3 Å². The first-order valence-electron chi connectivity index (χ1n) is 6.95. The van der Waals surface area contributed by atoms with Gasteiger partial charge >= 0.3 is 5.97 Å². The summed E-state index contributed by atoms with van der Waals surface area (Å²) >= 11 is 0. The number of carbonyl (C=O) groups is 1. The monoisotopic (exact) mass is 246 g/mol. The van der Waals surface area contributed by atoms with Crippen molar-refractivity contribution in [3.63, 3.8) is 0 Å². The van der Waals surface area contributed by atoms with E-state index in [0.717, 1.165) is 25.7 Å². The lowest BCUT2D eigenvalue weighted by Gasteiger charge is -2.21. The van der Waals surface area contributed by atoms with Crippen molar-refractivity contribution >= 4 is 5.97 Å². The van der Waals surface area contributed by atoms with Crippen LogP contribution in [0.4, 0.5) is 0 Å². The molecule has 18 heavy (non-hydrogen) atoms. The Morgan fingerprint density at radius 1 is 1.28 bits per heavy atom. The van der Waals surface area contributed by atoms with Gasteiger partial charge in [-0.05, 0) is 37.7 Å². The second-order valence-electron chi connectivity index (χ2n) is 5.54. The molecule has 2 heteroatoms. The molecule has 1 aromatic rings. The third kappa shape index (κ3) is 3.34. The second kappa shape index (κ2) is 6.03. The first-order valence-corrected chi connectivity index (χ1v) is 6.95. The van der Waals surface area contributed by atoms with Crippen molar-refractivity contribution in [2.24, 2.45) is 11.8 Å². The third-order valence-electron chi connectivity index (χ3n) is 4.06. The highest BCUT2D eigenvalue weighted by Gasteiger charge is 2.29. The molecular formula is C16H22O2. The molecule has 2 nitrogen and oxygen atoms in total. The summed E-state index contributed by atoms with van der Waals surface area (Å²) in [6, 6.07) is 8.46. The predicted molar refractivity (Wildman–Crippen MR) is 72.6 cm³/mol. The summed E-state index contributed by atoms with van der Waals surface area (Å²) in [7, 11) is 0. The summed E-state index contributed by atoms with van der Waals surface area (Å²) in [5.74, 6) is -0.436. The Morgan fingerprint density at radius 2 is 2.06 bits per heavy atom. The van der Waals surface area contributed by atoms with Crippen molar-refractivity contribution in [1.29, 1.82) is 0 Å². The van der Waals surface area contributed by atoms with Crippen LogP contribution in [-0.2, 0) is 11.2 Å². The second-order valence-corrected chi connectivity index (χ2v) is 5.54. The van der Waals surface area contributed by atoms with Crippen molar-refractivity contribution in [3.05, 3.63) is 35.4 Å². The first kappa shape index (κ1) is 13.1. The van der Waals surface area contributed by atoms with Crippen molar-refractivity contribution in [2.45, 2.75) is 45.4 Å². The van der Waals surface area contributed by atoms with E-state index in [1.165, 1.54) is 24.0 Å². The molecule has 0 spiro atoms. The number of hydrogen-bond acceptors (Lipinski definition) is 1. The molecule has 1 aromatic carbocycles. The van der Waals surface area contributed by atoms with E-state index in [0.29, 0.717) is 5.92 Å². The molecule has 2 unspecified atom stereocenters. The molecule has 1 saturated carbocycles. The summed E-state index contributed by atoms with van der Waals surface area (Å²) < 4.78 is 0. The fourth-order valence-corrected chi connectivity index (χ4v) is 3.10. The maximum Gasteiger partial charge on any atom is 0.306 e. The molecule has 98 valence electrons. The van der Waals surface area contributed by atoms with Crippen molar-refractivity contribution in [3.8, 4) is 0 Å². The number of benzene rings is 1. The van der Waals surface area contributed by atoms with Crippen molar-refractivity contribution in [1.82, 2.24) is 0 Å². The Labute approximate surface area is 109 Å². The van der Waals surface area contributed by atoms with Crippen LogP contribution in [0.1, 0.15) is 43.2 Å². The molecule has 0 aromatic heterocycles. The highest BCUT2D eigenvalue weighted by molar-refractivity contribution is 5.70. The zero-order chi connectivity index (χ0) is 13.0. The Kier molecular flexibility index (Phi) is 4.40. The van der Waals surface area contributed by atoms with Gasteiger partial charge in [0.2, 0.25) is 0 Å². The van der Waals surface area contributed by atoms with Crippen LogP contribution in [0.3, 0.4) is 0 Å². The van der Waals surface area contributed by atoms with Gasteiger partial charge in [0.25, 0.3) is 0 Å². The van der Waals surface area contributed by atoms with E-state index in [-0.39, 0.29) is 5.92 Å². The van der Waals surface area contributed by atoms with E-state index < -0.39 is 5.97 Å². The van der Waals surface area contributed by atoms with Crippen LogP contribution < -0.4 is 0 Å². The number of carboxylic acid groups (broad SMARTS) is 1. The van der Waals surface area contributed by atoms with Gasteiger partial charge in [0, 0.05) is 0 Å². The normalized spacial score (nSPS) is 24.5. The smallest absolute Gasteiger partial charge is 0.306 e. The molecule has 0 bridgehead atoms. The van der Waals surface area contributed by atoms with Crippen LogP contribution >= 0.6 is 0 Å². The molecule has 0 heterocycles. The fraction of sp³-hybridized carbons (Fsp3) is 0.562. The molecule has 1 aliphatic carbocycles. The summed E-state index contributed by atoms with van der Waals surface area (Å²) in [6.07, 6.45) is 6.27. The van der Waals surface area contributed by atoms with Gasteiger partial charge in [0.1, 0.15) is 0 Å². The molecule has 0 amide bonds. The van der Waals surface area contributed by atoms with Gasteiger partial charge in [-0.15, -0.1) is 0 Å². The Morgan fingerprint density at radius 3 is 2.78 bits per heavy atom. The van der Waals surface area contributed by atoms with E-state index in [4.69, 9.17) is 0 Å². The van der Waals surface area contributed by atoms with Gasteiger partial charge in [0.15, 0.2) is 0 Å². The minimum Gasteiger partial charge on any atom is -0.481 e. The van der Waals surface area contributed by atoms with Gasteiger partial charge in [-0.3, -0.25) is 4.79 Å².